The number of esters is 1. The predicted molar refractivity (Wildman–Crippen MR) is 112 cm³/mol. The fraction of sp³-hybridized carbons (Fsp3) is 0.240. The molecule has 0 N–H and O–H groups in total. The predicted octanol–water partition coefficient (Wildman–Crippen LogP) is 6.20. The molecule has 0 radical (unpaired) electrons. The minimum Gasteiger partial charge on any atom is -0.423 e. The van der Waals surface area contributed by atoms with E-state index in [0.717, 1.165) is 30.7 Å². The summed E-state index contributed by atoms with van der Waals surface area (Å²) in [6.45, 7) is 3.03. The maximum Gasteiger partial charge on any atom is 0.346 e. The molecule has 0 unspecified atom stereocenters. The van der Waals surface area contributed by atoms with Crippen LogP contribution in [0.1, 0.15) is 35.6 Å². The number of benzene rings is 3. The molecule has 1 saturated heterocycles. The van der Waals surface area contributed by atoms with Gasteiger partial charge in [-0.3, -0.25) is 0 Å². The van der Waals surface area contributed by atoms with E-state index in [-0.39, 0.29) is 28.4 Å². The van der Waals surface area contributed by atoms with E-state index < -0.39 is 35.5 Å². The largest absolute Gasteiger partial charge is 0.423 e. The molecule has 1 fully saturated rings. The van der Waals surface area contributed by atoms with Crippen molar-refractivity contribution in [2.75, 3.05) is 13.2 Å². The van der Waals surface area contributed by atoms with Crippen molar-refractivity contribution in [3.05, 3.63) is 89.0 Å². The second-order valence-corrected chi connectivity index (χ2v) is 7.67. The summed E-state index contributed by atoms with van der Waals surface area (Å²) < 4.78 is 71.9. The molecule has 0 amide bonds. The lowest BCUT2D eigenvalue weighted by molar-refractivity contribution is -0.205. The summed E-state index contributed by atoms with van der Waals surface area (Å²) in [5.41, 5.74) is 0.192. The standard InChI is InChI=1S/C25H20F4O4/c1-2-14-12-31-25(32-13-14)16-3-6-19(21(27)10-16)24(30)33-17-5-7-18(22(28)11-17)15-4-8-20(26)23(29)9-15/h3-11,14,25H,2,12-13H2,1H3. The van der Waals surface area contributed by atoms with Crippen LogP contribution in [0.15, 0.2) is 54.6 Å². The van der Waals surface area contributed by atoms with Crippen molar-refractivity contribution < 1.29 is 36.6 Å². The van der Waals surface area contributed by atoms with E-state index in [1.807, 2.05) is 6.92 Å². The molecule has 3 aromatic carbocycles. The zero-order valence-corrected chi connectivity index (χ0v) is 17.6. The average Bonchev–Trinajstić information content (AvgIpc) is 2.81. The van der Waals surface area contributed by atoms with Gasteiger partial charge in [-0.25, -0.2) is 22.4 Å². The first-order valence-corrected chi connectivity index (χ1v) is 10.4. The highest BCUT2D eigenvalue weighted by atomic mass is 19.2. The molecule has 1 aliphatic rings. The molecular formula is C25H20F4O4. The molecule has 4 nitrogen and oxygen atoms in total. The van der Waals surface area contributed by atoms with Crippen molar-refractivity contribution in [2.24, 2.45) is 5.92 Å². The van der Waals surface area contributed by atoms with Crippen molar-refractivity contribution in [3.63, 3.8) is 0 Å². The van der Waals surface area contributed by atoms with Crippen LogP contribution < -0.4 is 4.74 Å². The first-order chi connectivity index (χ1) is 15.9. The van der Waals surface area contributed by atoms with Gasteiger partial charge in [0.05, 0.1) is 18.8 Å². The van der Waals surface area contributed by atoms with E-state index in [1.165, 1.54) is 30.3 Å². The van der Waals surface area contributed by atoms with E-state index in [1.54, 1.807) is 0 Å². The fourth-order valence-electron chi connectivity index (χ4n) is 3.43. The second kappa shape index (κ2) is 9.72. The van der Waals surface area contributed by atoms with Crippen LogP contribution in [0.5, 0.6) is 5.75 Å². The van der Waals surface area contributed by atoms with Crippen LogP contribution in [0.25, 0.3) is 11.1 Å². The summed E-state index contributed by atoms with van der Waals surface area (Å²) in [4.78, 5) is 12.4. The van der Waals surface area contributed by atoms with Crippen LogP contribution in [-0.4, -0.2) is 19.2 Å². The topological polar surface area (TPSA) is 44.8 Å². The lowest BCUT2D eigenvalue weighted by Gasteiger charge is -2.29. The Morgan fingerprint density at radius 1 is 0.879 bits per heavy atom. The average molecular weight is 460 g/mol. The number of carbonyl (C=O) groups is 1. The summed E-state index contributed by atoms with van der Waals surface area (Å²) in [6, 6.07) is 10.3. The van der Waals surface area contributed by atoms with Gasteiger partial charge in [-0.05, 0) is 48.4 Å². The van der Waals surface area contributed by atoms with Gasteiger partial charge in [0, 0.05) is 23.1 Å². The van der Waals surface area contributed by atoms with Crippen molar-refractivity contribution in [3.8, 4) is 16.9 Å². The minimum atomic E-state index is -1.12. The highest BCUT2D eigenvalue weighted by Crippen LogP contribution is 2.29. The second-order valence-electron chi connectivity index (χ2n) is 7.67. The molecule has 0 bridgehead atoms. The molecule has 3 aromatic rings. The van der Waals surface area contributed by atoms with Crippen molar-refractivity contribution in [1.29, 1.82) is 0 Å². The Morgan fingerprint density at radius 2 is 1.64 bits per heavy atom. The summed E-state index contributed by atoms with van der Waals surface area (Å²) in [7, 11) is 0. The van der Waals surface area contributed by atoms with Crippen LogP contribution in [0.2, 0.25) is 0 Å². The summed E-state index contributed by atoms with van der Waals surface area (Å²) >= 11 is 0. The highest BCUT2D eigenvalue weighted by molar-refractivity contribution is 5.91. The number of rotatable bonds is 5. The Hall–Kier alpha value is -3.23. The molecule has 33 heavy (non-hydrogen) atoms. The molecular weight excluding hydrogens is 440 g/mol. The third kappa shape index (κ3) is 5.07. The lowest BCUT2D eigenvalue weighted by Crippen LogP contribution is -2.26. The molecule has 172 valence electrons. The van der Waals surface area contributed by atoms with Crippen molar-refractivity contribution >= 4 is 5.97 Å². The zero-order valence-electron chi connectivity index (χ0n) is 17.6. The summed E-state index contributed by atoms with van der Waals surface area (Å²) in [5, 5.41) is 0. The zero-order chi connectivity index (χ0) is 23.5. The molecule has 8 heteroatoms. The van der Waals surface area contributed by atoms with Crippen LogP contribution >= 0.6 is 0 Å². The maximum atomic E-state index is 14.6. The van der Waals surface area contributed by atoms with Crippen molar-refractivity contribution in [1.82, 2.24) is 0 Å². The van der Waals surface area contributed by atoms with Crippen LogP contribution in [0.4, 0.5) is 17.6 Å². The Morgan fingerprint density at radius 3 is 2.27 bits per heavy atom. The molecule has 0 aliphatic carbocycles. The van der Waals surface area contributed by atoms with Gasteiger partial charge in [0.25, 0.3) is 0 Å². The van der Waals surface area contributed by atoms with E-state index >= 15 is 0 Å². The Labute approximate surface area is 187 Å². The Kier molecular flexibility index (Phi) is 6.76. The monoisotopic (exact) mass is 460 g/mol. The number of ether oxygens (including phenoxy) is 3. The highest BCUT2D eigenvalue weighted by Gasteiger charge is 2.24. The number of hydrogen-bond acceptors (Lipinski definition) is 4. The molecule has 0 saturated carbocycles. The Bertz CT molecular complexity index is 1170. The minimum absolute atomic E-state index is 0.0120. The smallest absolute Gasteiger partial charge is 0.346 e. The van der Waals surface area contributed by atoms with Gasteiger partial charge in [0.1, 0.15) is 17.4 Å². The molecule has 0 atom stereocenters. The number of carbonyl (C=O) groups excluding carboxylic acids is 1. The van der Waals surface area contributed by atoms with Gasteiger partial charge in [0.15, 0.2) is 17.9 Å². The van der Waals surface area contributed by atoms with E-state index in [4.69, 9.17) is 14.2 Å². The third-order valence-electron chi connectivity index (χ3n) is 5.41. The molecule has 1 heterocycles. The third-order valence-corrected chi connectivity index (χ3v) is 5.41. The molecule has 0 spiro atoms. The van der Waals surface area contributed by atoms with E-state index in [0.29, 0.717) is 18.8 Å². The van der Waals surface area contributed by atoms with E-state index in [9.17, 15) is 22.4 Å². The van der Waals surface area contributed by atoms with Gasteiger partial charge in [0.2, 0.25) is 0 Å². The summed E-state index contributed by atoms with van der Waals surface area (Å²) in [6.07, 6.45) is 0.194. The molecule has 4 rings (SSSR count). The normalized spacial score (nSPS) is 18.2. The van der Waals surface area contributed by atoms with Gasteiger partial charge in [-0.15, -0.1) is 0 Å². The Balaban J connectivity index is 1.47. The van der Waals surface area contributed by atoms with Gasteiger partial charge in [-0.1, -0.05) is 19.1 Å². The molecule has 0 aromatic heterocycles. The van der Waals surface area contributed by atoms with E-state index in [2.05, 4.69) is 0 Å². The first kappa shape index (κ1) is 22.9. The first-order valence-electron chi connectivity index (χ1n) is 10.4. The van der Waals surface area contributed by atoms with Crippen LogP contribution in [0.3, 0.4) is 0 Å². The number of hydrogen-bond donors (Lipinski definition) is 0. The maximum absolute atomic E-state index is 14.6. The van der Waals surface area contributed by atoms with Crippen LogP contribution in [0, 0.1) is 29.2 Å². The van der Waals surface area contributed by atoms with Gasteiger partial charge >= 0.3 is 5.97 Å². The quantitative estimate of drug-likeness (QED) is 0.258. The molecule has 1 aliphatic heterocycles. The SMILES string of the molecule is CCC1COC(c2ccc(C(=O)Oc3ccc(-c4ccc(F)c(F)c4)c(F)c3)c(F)c2)OC1. The van der Waals surface area contributed by atoms with Crippen molar-refractivity contribution in [2.45, 2.75) is 19.6 Å². The number of halogens is 4. The van der Waals surface area contributed by atoms with Gasteiger partial charge < -0.3 is 14.2 Å². The fourth-order valence-corrected chi connectivity index (χ4v) is 3.43. The lowest BCUT2D eigenvalue weighted by atomic mass is 10.0. The van der Waals surface area contributed by atoms with Crippen LogP contribution in [-0.2, 0) is 9.47 Å². The van der Waals surface area contributed by atoms with Gasteiger partial charge in [-0.2, -0.15) is 0 Å². The summed E-state index contributed by atoms with van der Waals surface area (Å²) in [5.74, 6) is -4.72.